The molecule has 30 heavy (non-hydrogen) atoms. The lowest BCUT2D eigenvalue weighted by Gasteiger charge is -2.07. The molecular formula is C25H26N4O. The zero-order valence-corrected chi connectivity index (χ0v) is 17.7. The minimum atomic E-state index is -0.274. The van der Waals surface area contributed by atoms with Crippen LogP contribution < -0.4 is 10.9 Å². The van der Waals surface area contributed by atoms with Crippen molar-refractivity contribution >= 4 is 23.0 Å². The van der Waals surface area contributed by atoms with Crippen LogP contribution in [0.15, 0.2) is 83.0 Å². The normalized spacial score (nSPS) is 11.9. The number of hydrogen-bond donors (Lipinski definition) is 2. The van der Waals surface area contributed by atoms with Gasteiger partial charge >= 0.3 is 0 Å². The predicted molar refractivity (Wildman–Crippen MR) is 124 cm³/mol. The summed E-state index contributed by atoms with van der Waals surface area (Å²) < 4.78 is 0. The summed E-state index contributed by atoms with van der Waals surface area (Å²) in [6.45, 7) is 7.89. The van der Waals surface area contributed by atoms with Gasteiger partial charge in [-0.3, -0.25) is 10.2 Å². The van der Waals surface area contributed by atoms with E-state index in [2.05, 4.69) is 40.1 Å². The first-order valence-electron chi connectivity index (χ1n) is 9.81. The van der Waals surface area contributed by atoms with Crippen molar-refractivity contribution in [3.63, 3.8) is 0 Å². The van der Waals surface area contributed by atoms with Gasteiger partial charge in [0.25, 0.3) is 5.91 Å². The van der Waals surface area contributed by atoms with Gasteiger partial charge in [0.15, 0.2) is 0 Å². The molecule has 0 aliphatic rings. The van der Waals surface area contributed by atoms with E-state index in [1.807, 2.05) is 69.3 Å². The van der Waals surface area contributed by atoms with Crippen LogP contribution in [0.3, 0.4) is 0 Å². The molecule has 0 bridgehead atoms. The van der Waals surface area contributed by atoms with Crippen molar-refractivity contribution in [2.75, 3.05) is 5.43 Å². The third-order valence-corrected chi connectivity index (χ3v) is 4.74. The smallest absolute Gasteiger partial charge is 0.271 e. The van der Waals surface area contributed by atoms with E-state index < -0.39 is 0 Å². The highest BCUT2D eigenvalue weighted by atomic mass is 16.2. The Morgan fingerprint density at radius 3 is 1.80 bits per heavy atom. The molecule has 0 fully saturated rings. The zero-order chi connectivity index (χ0) is 21.5. The number of carbonyl (C=O) groups excluding carboxylic acids is 1. The second-order valence-corrected chi connectivity index (χ2v) is 7.26. The summed E-state index contributed by atoms with van der Waals surface area (Å²) in [5.41, 5.74) is 12.9. The number of anilines is 1. The molecule has 0 atom stereocenters. The minimum Gasteiger partial charge on any atom is -0.278 e. The lowest BCUT2D eigenvalue weighted by Crippen LogP contribution is -2.19. The molecule has 1 amide bonds. The molecule has 3 aromatic rings. The van der Waals surface area contributed by atoms with Crippen LogP contribution in [0, 0.1) is 13.8 Å². The first-order chi connectivity index (χ1) is 14.4. The van der Waals surface area contributed by atoms with Crippen LogP contribution in [-0.4, -0.2) is 17.3 Å². The fourth-order valence-electron chi connectivity index (χ4n) is 2.80. The number of benzene rings is 3. The quantitative estimate of drug-likeness (QED) is 0.437. The molecule has 5 nitrogen and oxygen atoms in total. The van der Waals surface area contributed by atoms with E-state index in [9.17, 15) is 4.79 Å². The molecule has 0 saturated carbocycles. The number of amides is 1. The van der Waals surface area contributed by atoms with Crippen molar-refractivity contribution in [2.24, 2.45) is 10.2 Å². The van der Waals surface area contributed by atoms with E-state index in [1.54, 1.807) is 12.1 Å². The van der Waals surface area contributed by atoms with Gasteiger partial charge in [-0.25, -0.2) is 5.43 Å². The van der Waals surface area contributed by atoms with Gasteiger partial charge in [0.05, 0.1) is 17.1 Å². The molecule has 0 saturated heterocycles. The molecule has 3 rings (SSSR count). The predicted octanol–water partition coefficient (Wildman–Crippen LogP) is 5.29. The summed E-state index contributed by atoms with van der Waals surface area (Å²) >= 11 is 0. The molecule has 5 heteroatoms. The van der Waals surface area contributed by atoms with Crippen LogP contribution in [0.1, 0.15) is 46.5 Å². The summed E-state index contributed by atoms with van der Waals surface area (Å²) in [5.74, 6) is -0.274. The van der Waals surface area contributed by atoms with E-state index in [4.69, 9.17) is 0 Å². The second-order valence-electron chi connectivity index (χ2n) is 7.26. The SMILES string of the molecule is C/C(=N/NC(=O)c1cccc(N/N=C(/C)c2ccc(C)cc2)c1)c1ccc(C)cc1. The fourth-order valence-corrected chi connectivity index (χ4v) is 2.80. The van der Waals surface area contributed by atoms with Gasteiger partial charge in [0.2, 0.25) is 0 Å². The van der Waals surface area contributed by atoms with Gasteiger partial charge < -0.3 is 0 Å². The van der Waals surface area contributed by atoms with Gasteiger partial charge in [-0.1, -0.05) is 65.7 Å². The highest BCUT2D eigenvalue weighted by molar-refractivity contribution is 6.01. The third-order valence-electron chi connectivity index (χ3n) is 4.74. The van der Waals surface area contributed by atoms with Crippen molar-refractivity contribution in [3.8, 4) is 0 Å². The molecular weight excluding hydrogens is 372 g/mol. The minimum absolute atomic E-state index is 0.274. The van der Waals surface area contributed by atoms with Crippen LogP contribution in [-0.2, 0) is 0 Å². The number of nitrogens with zero attached hydrogens (tertiary/aromatic N) is 2. The first kappa shape index (κ1) is 21.0. The van der Waals surface area contributed by atoms with Gasteiger partial charge in [-0.05, 0) is 57.0 Å². The summed E-state index contributed by atoms with van der Waals surface area (Å²) in [6, 6.07) is 23.4. The first-order valence-corrected chi connectivity index (χ1v) is 9.81. The maximum atomic E-state index is 12.5. The standard InChI is InChI=1S/C25H26N4O/c1-17-8-12-21(13-9-17)19(3)26-28-24-7-5-6-23(16-24)25(30)29-27-20(4)22-14-10-18(2)11-15-22/h5-16,28H,1-4H3,(H,29,30)/b26-19-,27-20-. The Kier molecular flexibility index (Phi) is 6.75. The molecule has 0 aromatic heterocycles. The lowest BCUT2D eigenvalue weighted by atomic mass is 10.1. The van der Waals surface area contributed by atoms with Gasteiger partial charge in [-0.2, -0.15) is 10.2 Å². The fraction of sp³-hybridized carbons (Fsp3) is 0.160. The number of aryl methyl sites for hydroxylation is 2. The van der Waals surface area contributed by atoms with E-state index in [0.29, 0.717) is 5.56 Å². The number of nitrogens with one attached hydrogen (secondary N) is 2. The highest BCUT2D eigenvalue weighted by Crippen LogP contribution is 2.12. The van der Waals surface area contributed by atoms with Crippen molar-refractivity contribution in [3.05, 3.63) is 101 Å². The van der Waals surface area contributed by atoms with Gasteiger partial charge in [0.1, 0.15) is 0 Å². The number of carbonyl (C=O) groups is 1. The zero-order valence-electron chi connectivity index (χ0n) is 17.7. The van der Waals surface area contributed by atoms with Gasteiger partial charge in [0, 0.05) is 5.56 Å². The summed E-state index contributed by atoms with van der Waals surface area (Å²) in [6.07, 6.45) is 0. The molecule has 3 aromatic carbocycles. The van der Waals surface area contributed by atoms with E-state index in [1.165, 1.54) is 11.1 Å². The van der Waals surface area contributed by atoms with E-state index in [-0.39, 0.29) is 5.91 Å². The van der Waals surface area contributed by atoms with E-state index in [0.717, 1.165) is 28.2 Å². The van der Waals surface area contributed by atoms with Crippen molar-refractivity contribution in [2.45, 2.75) is 27.7 Å². The Labute approximate surface area is 177 Å². The number of hydrogen-bond acceptors (Lipinski definition) is 4. The molecule has 2 N–H and O–H groups in total. The van der Waals surface area contributed by atoms with Crippen LogP contribution in [0.2, 0.25) is 0 Å². The average Bonchev–Trinajstić information content (AvgIpc) is 2.76. The van der Waals surface area contributed by atoms with Crippen LogP contribution >= 0.6 is 0 Å². The Morgan fingerprint density at radius 2 is 1.23 bits per heavy atom. The molecule has 0 spiro atoms. The largest absolute Gasteiger partial charge is 0.278 e. The molecule has 0 radical (unpaired) electrons. The topological polar surface area (TPSA) is 65.8 Å². The van der Waals surface area contributed by atoms with Crippen molar-refractivity contribution < 1.29 is 4.79 Å². The van der Waals surface area contributed by atoms with Crippen molar-refractivity contribution in [1.29, 1.82) is 0 Å². The van der Waals surface area contributed by atoms with Crippen molar-refractivity contribution in [1.82, 2.24) is 5.43 Å². The number of rotatable bonds is 6. The van der Waals surface area contributed by atoms with E-state index >= 15 is 0 Å². The molecule has 0 aliphatic carbocycles. The molecule has 0 aliphatic heterocycles. The van der Waals surface area contributed by atoms with Crippen LogP contribution in [0.25, 0.3) is 0 Å². The molecule has 0 heterocycles. The van der Waals surface area contributed by atoms with Crippen LogP contribution in [0.5, 0.6) is 0 Å². The summed E-state index contributed by atoms with van der Waals surface area (Å²) in [7, 11) is 0. The summed E-state index contributed by atoms with van der Waals surface area (Å²) in [5, 5.41) is 8.64. The Hall–Kier alpha value is -3.73. The maximum absolute atomic E-state index is 12.5. The van der Waals surface area contributed by atoms with Crippen LogP contribution in [0.4, 0.5) is 5.69 Å². The second kappa shape index (κ2) is 9.65. The summed E-state index contributed by atoms with van der Waals surface area (Å²) in [4.78, 5) is 12.5. The highest BCUT2D eigenvalue weighted by Gasteiger charge is 2.06. The lowest BCUT2D eigenvalue weighted by molar-refractivity contribution is 0.0955. The Balaban J connectivity index is 1.66. The average molecular weight is 399 g/mol. The maximum Gasteiger partial charge on any atom is 0.271 e. The Morgan fingerprint density at radius 1 is 0.700 bits per heavy atom. The molecule has 0 unspecified atom stereocenters. The Bertz CT molecular complexity index is 1080. The third kappa shape index (κ3) is 5.64. The monoisotopic (exact) mass is 398 g/mol. The van der Waals surface area contributed by atoms with Gasteiger partial charge in [-0.15, -0.1) is 0 Å². The number of hydrazone groups is 2. The molecule has 152 valence electrons.